The van der Waals surface area contributed by atoms with Crippen LogP contribution in [0, 0.1) is 0 Å². The molecule has 0 atom stereocenters. The smallest absolute Gasteiger partial charge is 0.223 e. The Labute approximate surface area is 71.8 Å². The van der Waals surface area contributed by atoms with Gasteiger partial charge in [-0.05, 0) is 0 Å². The van der Waals surface area contributed by atoms with Crippen LogP contribution in [-0.2, 0) is 19.1 Å². The minimum absolute atomic E-state index is 0.129. The second-order valence-corrected chi connectivity index (χ2v) is 2.25. The highest BCUT2D eigenvalue weighted by atomic mass is 16.5. The van der Waals surface area contributed by atoms with Gasteiger partial charge in [0.1, 0.15) is 6.61 Å². The molecule has 0 aliphatic rings. The maximum absolute atomic E-state index is 10.8. The monoisotopic (exact) mass is 174 g/mol. The Bertz CT molecular complexity index is 153. The van der Waals surface area contributed by atoms with Gasteiger partial charge in [0.2, 0.25) is 11.6 Å². The lowest BCUT2D eigenvalue weighted by Gasteiger charge is -2.00. The molecule has 0 amide bonds. The molecule has 0 spiro atoms. The molecule has 0 fully saturated rings. The van der Waals surface area contributed by atoms with Crippen LogP contribution in [0.5, 0.6) is 0 Å². The highest BCUT2D eigenvalue weighted by molar-refractivity contribution is 6.37. The number of methoxy groups -OCH3 is 1. The lowest BCUT2D eigenvalue weighted by molar-refractivity contribution is -0.139. The Balaban J connectivity index is 3.38. The van der Waals surface area contributed by atoms with Gasteiger partial charge in [0.05, 0.1) is 13.2 Å². The third-order valence-corrected chi connectivity index (χ3v) is 1.30. The lowest BCUT2D eigenvalue weighted by atomic mass is 10.2. The van der Waals surface area contributed by atoms with Crippen molar-refractivity contribution in [1.82, 2.24) is 0 Å². The normalized spacial score (nSPS) is 9.83. The van der Waals surface area contributed by atoms with Crippen molar-refractivity contribution in [2.24, 2.45) is 0 Å². The van der Waals surface area contributed by atoms with Gasteiger partial charge in [-0.3, -0.25) is 9.59 Å². The summed E-state index contributed by atoms with van der Waals surface area (Å²) >= 11 is 0. The second-order valence-electron chi connectivity index (χ2n) is 2.25. The zero-order valence-corrected chi connectivity index (χ0v) is 7.46. The number of hydrogen-bond donors (Lipinski definition) is 0. The molecule has 0 saturated heterocycles. The molecule has 4 heteroatoms. The van der Waals surface area contributed by atoms with Gasteiger partial charge < -0.3 is 9.47 Å². The standard InChI is InChI=1S/C8H14O4/c1-3-7(9)8(10)6-12-5-4-11-2/h3-6H2,1-2H3. The topological polar surface area (TPSA) is 52.6 Å². The van der Waals surface area contributed by atoms with Gasteiger partial charge in [0.25, 0.3) is 0 Å². The summed E-state index contributed by atoms with van der Waals surface area (Å²) in [5, 5.41) is 0. The van der Waals surface area contributed by atoms with Crippen molar-refractivity contribution >= 4 is 11.6 Å². The van der Waals surface area contributed by atoms with Gasteiger partial charge in [0.15, 0.2) is 0 Å². The van der Waals surface area contributed by atoms with Crippen LogP contribution in [0.2, 0.25) is 0 Å². The van der Waals surface area contributed by atoms with Crippen molar-refractivity contribution in [3.63, 3.8) is 0 Å². The summed E-state index contributed by atoms with van der Waals surface area (Å²) in [6.45, 7) is 2.30. The van der Waals surface area contributed by atoms with E-state index in [1.54, 1.807) is 14.0 Å². The number of carbonyl (C=O) groups is 2. The largest absolute Gasteiger partial charge is 0.382 e. The summed E-state index contributed by atoms with van der Waals surface area (Å²) in [5.74, 6) is -0.846. The van der Waals surface area contributed by atoms with E-state index in [9.17, 15) is 9.59 Å². The molecule has 0 heterocycles. The van der Waals surface area contributed by atoms with Crippen LogP contribution >= 0.6 is 0 Å². The van der Waals surface area contributed by atoms with Crippen molar-refractivity contribution in [2.45, 2.75) is 13.3 Å². The fourth-order valence-corrected chi connectivity index (χ4v) is 0.585. The van der Waals surface area contributed by atoms with Crippen molar-refractivity contribution < 1.29 is 19.1 Å². The van der Waals surface area contributed by atoms with Crippen molar-refractivity contribution in [2.75, 3.05) is 26.9 Å². The predicted molar refractivity (Wildman–Crippen MR) is 43.0 cm³/mol. The Morgan fingerprint density at radius 1 is 1.17 bits per heavy atom. The van der Waals surface area contributed by atoms with E-state index in [1.807, 2.05) is 0 Å². The third kappa shape index (κ3) is 4.98. The maximum atomic E-state index is 10.8. The number of carbonyl (C=O) groups excluding carboxylic acids is 2. The average Bonchev–Trinajstić information content (AvgIpc) is 2.10. The number of ketones is 2. The van der Waals surface area contributed by atoms with Crippen molar-refractivity contribution in [3.05, 3.63) is 0 Å². The molecule has 0 aromatic rings. The molecular weight excluding hydrogens is 160 g/mol. The zero-order valence-electron chi connectivity index (χ0n) is 7.46. The zero-order chi connectivity index (χ0) is 9.40. The summed E-state index contributed by atoms with van der Waals surface area (Å²) in [6.07, 6.45) is 0.243. The highest BCUT2D eigenvalue weighted by Crippen LogP contribution is 1.85. The van der Waals surface area contributed by atoms with E-state index in [0.29, 0.717) is 13.2 Å². The van der Waals surface area contributed by atoms with Crippen LogP contribution in [0.4, 0.5) is 0 Å². The summed E-state index contributed by atoms with van der Waals surface area (Å²) in [4.78, 5) is 21.5. The van der Waals surface area contributed by atoms with Gasteiger partial charge in [-0.2, -0.15) is 0 Å². The molecule has 0 bridgehead atoms. The van der Waals surface area contributed by atoms with E-state index in [1.165, 1.54) is 0 Å². The Kier molecular flexibility index (Phi) is 6.51. The van der Waals surface area contributed by atoms with Crippen LogP contribution in [0.3, 0.4) is 0 Å². The second kappa shape index (κ2) is 6.94. The fraction of sp³-hybridized carbons (Fsp3) is 0.750. The fourth-order valence-electron chi connectivity index (χ4n) is 0.585. The van der Waals surface area contributed by atoms with Gasteiger partial charge in [0, 0.05) is 13.5 Å². The Hall–Kier alpha value is -0.740. The SMILES string of the molecule is CCC(=O)C(=O)COCCOC. The summed E-state index contributed by atoms with van der Waals surface area (Å²) in [7, 11) is 1.54. The van der Waals surface area contributed by atoms with Crippen LogP contribution < -0.4 is 0 Å². The summed E-state index contributed by atoms with van der Waals surface area (Å²) < 4.78 is 9.55. The highest BCUT2D eigenvalue weighted by Gasteiger charge is 2.10. The molecule has 0 aliphatic carbocycles. The molecule has 0 rings (SSSR count). The van der Waals surface area contributed by atoms with Gasteiger partial charge in [-0.25, -0.2) is 0 Å². The molecule has 0 aliphatic heterocycles. The van der Waals surface area contributed by atoms with Crippen LogP contribution in [-0.4, -0.2) is 38.5 Å². The number of rotatable bonds is 7. The average molecular weight is 174 g/mol. The molecule has 70 valence electrons. The van der Waals surface area contributed by atoms with Crippen LogP contribution in [0.15, 0.2) is 0 Å². The van der Waals surface area contributed by atoms with E-state index in [-0.39, 0.29) is 18.8 Å². The molecule has 0 aromatic heterocycles. The van der Waals surface area contributed by atoms with E-state index in [4.69, 9.17) is 4.74 Å². The van der Waals surface area contributed by atoms with Crippen molar-refractivity contribution in [3.8, 4) is 0 Å². The predicted octanol–water partition coefficient (Wildman–Crippen LogP) is 0.198. The Morgan fingerprint density at radius 2 is 1.83 bits per heavy atom. The van der Waals surface area contributed by atoms with E-state index < -0.39 is 5.78 Å². The minimum atomic E-state index is -0.464. The molecule has 4 nitrogen and oxygen atoms in total. The first-order valence-corrected chi connectivity index (χ1v) is 3.85. The first-order valence-electron chi connectivity index (χ1n) is 3.85. The first-order chi connectivity index (χ1) is 5.72. The quantitative estimate of drug-likeness (QED) is 0.408. The first kappa shape index (κ1) is 11.3. The number of ether oxygens (including phenoxy) is 2. The molecule has 0 aromatic carbocycles. The van der Waals surface area contributed by atoms with Gasteiger partial charge >= 0.3 is 0 Å². The van der Waals surface area contributed by atoms with Crippen LogP contribution in [0.1, 0.15) is 13.3 Å². The van der Waals surface area contributed by atoms with E-state index in [2.05, 4.69) is 4.74 Å². The third-order valence-electron chi connectivity index (χ3n) is 1.30. The van der Waals surface area contributed by atoms with Gasteiger partial charge in [-0.1, -0.05) is 6.92 Å². The van der Waals surface area contributed by atoms with Crippen LogP contribution in [0.25, 0.3) is 0 Å². The molecule has 0 N–H and O–H groups in total. The molecule has 0 radical (unpaired) electrons. The maximum Gasteiger partial charge on any atom is 0.223 e. The minimum Gasteiger partial charge on any atom is -0.382 e. The van der Waals surface area contributed by atoms with E-state index >= 15 is 0 Å². The molecule has 0 saturated carbocycles. The molecule has 12 heavy (non-hydrogen) atoms. The van der Waals surface area contributed by atoms with E-state index in [0.717, 1.165) is 0 Å². The summed E-state index contributed by atoms with van der Waals surface area (Å²) in [5.41, 5.74) is 0. The summed E-state index contributed by atoms with van der Waals surface area (Å²) in [6, 6.07) is 0. The lowest BCUT2D eigenvalue weighted by Crippen LogP contribution is -2.19. The molecule has 0 unspecified atom stereocenters. The Morgan fingerprint density at radius 3 is 2.33 bits per heavy atom. The number of hydrogen-bond acceptors (Lipinski definition) is 4. The molecular formula is C8H14O4. The van der Waals surface area contributed by atoms with Crippen molar-refractivity contribution in [1.29, 1.82) is 0 Å². The van der Waals surface area contributed by atoms with Gasteiger partial charge in [-0.15, -0.1) is 0 Å². The number of Topliss-reactive ketones (excluding diaryl/α,β-unsaturated/α-hetero) is 2.